The second-order valence-electron chi connectivity index (χ2n) is 5.26. The molecule has 0 unspecified atom stereocenters. The molecule has 0 radical (unpaired) electrons. The van der Waals surface area contributed by atoms with Crippen LogP contribution in [0.4, 0.5) is 5.69 Å². The molecule has 0 bridgehead atoms. The topological polar surface area (TPSA) is 82.2 Å². The van der Waals surface area contributed by atoms with E-state index in [9.17, 15) is 19.7 Å². The summed E-state index contributed by atoms with van der Waals surface area (Å²) in [5.41, 5.74) is 1.09. The SMILES string of the molecule is CC(=O)c1ccc(-c2ccc([N+](=O)[O-])cc2)n(C(C)C)c1=O. The van der Waals surface area contributed by atoms with E-state index in [0.29, 0.717) is 11.3 Å². The zero-order valence-corrected chi connectivity index (χ0v) is 12.6. The largest absolute Gasteiger partial charge is 0.305 e. The van der Waals surface area contributed by atoms with Gasteiger partial charge in [-0.15, -0.1) is 0 Å². The molecule has 2 rings (SSSR count). The molecule has 0 aliphatic carbocycles. The second kappa shape index (κ2) is 5.93. The van der Waals surface area contributed by atoms with Gasteiger partial charge in [0.15, 0.2) is 5.78 Å². The molecule has 0 spiro atoms. The van der Waals surface area contributed by atoms with Gasteiger partial charge in [-0.3, -0.25) is 19.7 Å². The van der Waals surface area contributed by atoms with Gasteiger partial charge in [0.05, 0.1) is 16.2 Å². The number of ketones is 1. The van der Waals surface area contributed by atoms with Gasteiger partial charge in [0.1, 0.15) is 0 Å². The predicted molar refractivity (Wildman–Crippen MR) is 83.2 cm³/mol. The Kier molecular flexibility index (Phi) is 4.21. The fourth-order valence-corrected chi connectivity index (χ4v) is 2.32. The lowest BCUT2D eigenvalue weighted by atomic mass is 10.1. The maximum absolute atomic E-state index is 12.5. The molecular weight excluding hydrogens is 284 g/mol. The summed E-state index contributed by atoms with van der Waals surface area (Å²) in [6.07, 6.45) is 0. The summed E-state index contributed by atoms with van der Waals surface area (Å²) in [6, 6.07) is 9.03. The van der Waals surface area contributed by atoms with Crippen molar-refractivity contribution in [3.05, 3.63) is 62.4 Å². The van der Waals surface area contributed by atoms with Crippen molar-refractivity contribution in [3.8, 4) is 11.3 Å². The normalized spacial score (nSPS) is 10.7. The summed E-state index contributed by atoms with van der Waals surface area (Å²) in [6.45, 7) is 5.05. The van der Waals surface area contributed by atoms with Crippen LogP contribution >= 0.6 is 0 Å². The molecule has 0 saturated heterocycles. The van der Waals surface area contributed by atoms with Crippen molar-refractivity contribution < 1.29 is 9.72 Å². The molecule has 22 heavy (non-hydrogen) atoms. The van der Waals surface area contributed by atoms with Crippen molar-refractivity contribution in [1.29, 1.82) is 0 Å². The Morgan fingerprint density at radius 2 is 1.73 bits per heavy atom. The Bertz CT molecular complexity index is 789. The highest BCUT2D eigenvalue weighted by atomic mass is 16.6. The number of nitro benzene ring substituents is 1. The van der Waals surface area contributed by atoms with Crippen LogP contribution in [0, 0.1) is 10.1 Å². The monoisotopic (exact) mass is 300 g/mol. The number of nitro groups is 1. The molecule has 0 aliphatic rings. The van der Waals surface area contributed by atoms with Gasteiger partial charge in [0, 0.05) is 18.2 Å². The third-order valence-electron chi connectivity index (χ3n) is 3.39. The van der Waals surface area contributed by atoms with Gasteiger partial charge in [0.25, 0.3) is 11.2 Å². The molecule has 6 heteroatoms. The number of nitrogens with zero attached hydrogens (tertiary/aromatic N) is 2. The fourth-order valence-electron chi connectivity index (χ4n) is 2.32. The highest BCUT2D eigenvalue weighted by molar-refractivity contribution is 5.94. The smallest absolute Gasteiger partial charge is 0.269 e. The first-order valence-electron chi connectivity index (χ1n) is 6.84. The minimum atomic E-state index is -0.474. The summed E-state index contributed by atoms with van der Waals surface area (Å²) in [5, 5.41) is 10.7. The standard InChI is InChI=1S/C16H16N2O4/c1-10(2)17-15(9-8-14(11(3)19)16(17)20)12-4-6-13(7-5-12)18(21)22/h4-10H,1-3H3. The van der Waals surface area contributed by atoms with Crippen LogP contribution in [-0.2, 0) is 0 Å². The molecule has 0 atom stereocenters. The maximum atomic E-state index is 12.5. The van der Waals surface area contributed by atoms with Crippen LogP contribution in [0.1, 0.15) is 37.2 Å². The van der Waals surface area contributed by atoms with Crippen molar-refractivity contribution in [2.75, 3.05) is 0 Å². The van der Waals surface area contributed by atoms with E-state index in [4.69, 9.17) is 0 Å². The maximum Gasteiger partial charge on any atom is 0.269 e. The van der Waals surface area contributed by atoms with Gasteiger partial charge >= 0.3 is 0 Å². The zero-order valence-electron chi connectivity index (χ0n) is 12.6. The van der Waals surface area contributed by atoms with Crippen LogP contribution in [0.15, 0.2) is 41.2 Å². The van der Waals surface area contributed by atoms with Crippen LogP contribution in [0.5, 0.6) is 0 Å². The lowest BCUT2D eigenvalue weighted by Crippen LogP contribution is -2.28. The van der Waals surface area contributed by atoms with E-state index in [1.807, 2.05) is 13.8 Å². The van der Waals surface area contributed by atoms with E-state index in [2.05, 4.69) is 0 Å². The van der Waals surface area contributed by atoms with E-state index in [0.717, 1.165) is 0 Å². The van der Waals surface area contributed by atoms with Crippen LogP contribution in [-0.4, -0.2) is 15.3 Å². The number of hydrogen-bond donors (Lipinski definition) is 0. The van der Waals surface area contributed by atoms with Gasteiger partial charge in [-0.25, -0.2) is 0 Å². The summed E-state index contributed by atoms with van der Waals surface area (Å²) in [4.78, 5) is 34.2. The van der Waals surface area contributed by atoms with Crippen molar-refractivity contribution in [3.63, 3.8) is 0 Å². The van der Waals surface area contributed by atoms with Gasteiger partial charge in [-0.1, -0.05) is 0 Å². The van der Waals surface area contributed by atoms with E-state index in [-0.39, 0.29) is 28.6 Å². The first-order valence-corrected chi connectivity index (χ1v) is 6.84. The molecular formula is C16H16N2O4. The van der Waals surface area contributed by atoms with Crippen LogP contribution in [0.25, 0.3) is 11.3 Å². The lowest BCUT2D eigenvalue weighted by molar-refractivity contribution is -0.384. The molecule has 0 aliphatic heterocycles. The van der Waals surface area contributed by atoms with Crippen molar-refractivity contribution in [1.82, 2.24) is 4.57 Å². The average Bonchev–Trinajstić information content (AvgIpc) is 2.46. The summed E-state index contributed by atoms with van der Waals surface area (Å²) in [5.74, 6) is -0.283. The molecule has 1 aromatic carbocycles. The Hall–Kier alpha value is -2.76. The molecule has 1 heterocycles. The number of pyridine rings is 1. The van der Waals surface area contributed by atoms with Gasteiger partial charge in [-0.05, 0) is 50.6 Å². The quantitative estimate of drug-likeness (QED) is 0.493. The Labute approximate surface area is 127 Å². The summed E-state index contributed by atoms with van der Waals surface area (Å²) < 4.78 is 1.53. The number of carbonyl (C=O) groups is 1. The fraction of sp³-hybridized carbons (Fsp3) is 0.250. The zero-order chi connectivity index (χ0) is 16.4. The molecule has 2 aromatic rings. The average molecular weight is 300 g/mol. The van der Waals surface area contributed by atoms with Crippen molar-refractivity contribution in [2.45, 2.75) is 26.8 Å². The van der Waals surface area contributed by atoms with Crippen LogP contribution < -0.4 is 5.56 Å². The highest BCUT2D eigenvalue weighted by Gasteiger charge is 2.16. The number of non-ortho nitro benzene ring substituents is 1. The van der Waals surface area contributed by atoms with E-state index in [1.54, 1.807) is 18.2 Å². The number of Topliss-reactive ketones (excluding diaryl/α,β-unsaturated/α-hetero) is 1. The Morgan fingerprint density at radius 3 is 2.18 bits per heavy atom. The number of carbonyl (C=O) groups excluding carboxylic acids is 1. The minimum absolute atomic E-state index is 0.0115. The molecule has 0 saturated carbocycles. The predicted octanol–water partition coefficient (Wildman–Crippen LogP) is 3.21. The number of hydrogen-bond acceptors (Lipinski definition) is 4. The summed E-state index contributed by atoms with van der Waals surface area (Å²) in [7, 11) is 0. The number of aromatic nitrogens is 1. The minimum Gasteiger partial charge on any atom is -0.305 e. The highest BCUT2D eigenvalue weighted by Crippen LogP contribution is 2.24. The third-order valence-corrected chi connectivity index (χ3v) is 3.39. The van der Waals surface area contributed by atoms with Crippen LogP contribution in [0.3, 0.4) is 0 Å². The Balaban J connectivity index is 2.65. The van der Waals surface area contributed by atoms with Crippen LogP contribution in [0.2, 0.25) is 0 Å². The molecule has 0 N–H and O–H groups in total. The third kappa shape index (κ3) is 2.81. The molecule has 0 amide bonds. The number of rotatable bonds is 4. The Morgan fingerprint density at radius 1 is 1.14 bits per heavy atom. The first kappa shape index (κ1) is 15.6. The molecule has 114 valence electrons. The molecule has 6 nitrogen and oxygen atoms in total. The van der Waals surface area contributed by atoms with Gasteiger partial charge in [0.2, 0.25) is 0 Å². The van der Waals surface area contributed by atoms with Gasteiger partial charge in [-0.2, -0.15) is 0 Å². The molecule has 1 aromatic heterocycles. The molecule has 0 fully saturated rings. The van der Waals surface area contributed by atoms with Crippen molar-refractivity contribution >= 4 is 11.5 Å². The van der Waals surface area contributed by atoms with Crippen molar-refractivity contribution in [2.24, 2.45) is 0 Å². The van der Waals surface area contributed by atoms with Gasteiger partial charge < -0.3 is 4.57 Å². The number of benzene rings is 1. The van der Waals surface area contributed by atoms with E-state index in [1.165, 1.54) is 29.7 Å². The lowest BCUT2D eigenvalue weighted by Gasteiger charge is -2.17. The first-order chi connectivity index (χ1) is 10.3. The summed E-state index contributed by atoms with van der Waals surface area (Å²) >= 11 is 0. The van der Waals surface area contributed by atoms with E-state index >= 15 is 0 Å². The van der Waals surface area contributed by atoms with E-state index < -0.39 is 4.92 Å². The second-order valence-corrected chi connectivity index (χ2v) is 5.26.